The lowest BCUT2D eigenvalue weighted by molar-refractivity contribution is 0.820. The first-order chi connectivity index (χ1) is 8.70. The third kappa shape index (κ3) is 3.06. The molecule has 0 spiro atoms. The summed E-state index contributed by atoms with van der Waals surface area (Å²) in [6, 6.07) is 4.65. The van der Waals surface area contributed by atoms with Gasteiger partial charge in [-0.3, -0.25) is 9.36 Å². The fourth-order valence-electron chi connectivity index (χ4n) is 1.59. The summed E-state index contributed by atoms with van der Waals surface area (Å²) in [6.45, 7) is 0. The van der Waals surface area contributed by atoms with Crippen molar-refractivity contribution in [1.29, 1.82) is 0 Å². The maximum atomic E-state index is 12.2. The average molecular weight is 360 g/mol. The van der Waals surface area contributed by atoms with Gasteiger partial charge in [0, 0.05) is 24.0 Å². The van der Waals surface area contributed by atoms with Gasteiger partial charge in [-0.25, -0.2) is 4.79 Å². The van der Waals surface area contributed by atoms with E-state index in [4.69, 9.17) is 46.4 Å². The monoisotopic (exact) mass is 358 g/mol. The number of aryl methyl sites for hydroxylation is 1. The molecule has 1 aromatic heterocycles. The zero-order valence-electron chi connectivity index (χ0n) is 9.36. The van der Waals surface area contributed by atoms with Crippen LogP contribution in [0.3, 0.4) is 0 Å². The highest BCUT2D eigenvalue weighted by atomic mass is 35.6. The van der Waals surface area contributed by atoms with Crippen LogP contribution in [0.4, 0.5) is 0 Å². The molecule has 0 bridgehead atoms. The molecule has 0 aliphatic heterocycles. The lowest BCUT2D eigenvalue weighted by atomic mass is 10.2. The van der Waals surface area contributed by atoms with Gasteiger partial charge in [0.2, 0.25) is 0 Å². The number of rotatable bonds is 1. The Labute approximate surface area is 131 Å². The zero-order valence-corrected chi connectivity index (χ0v) is 13.2. The summed E-state index contributed by atoms with van der Waals surface area (Å²) in [6.07, 6.45) is 0. The normalized spacial score (nSPS) is 12.1. The molecule has 1 aromatic carbocycles. The minimum Gasteiger partial charge on any atom is -0.295 e. The van der Waals surface area contributed by atoms with Crippen LogP contribution in [-0.4, -0.2) is 11.7 Å². The van der Waals surface area contributed by atoms with Crippen LogP contribution in [0.5, 0.6) is 0 Å². The predicted octanol–water partition coefficient (Wildman–Crippen LogP) is 3.18. The van der Waals surface area contributed by atoms with Crippen molar-refractivity contribution < 1.29 is 0 Å². The summed E-state index contributed by atoms with van der Waals surface area (Å²) in [4.78, 5) is 24.3. The quantitative estimate of drug-likeness (QED) is 0.734. The number of fused-ring (bicyclic) bond motifs is 1. The number of benzene rings is 1. The Balaban J connectivity index is 2.87. The minimum atomic E-state index is -1.82. The van der Waals surface area contributed by atoms with Crippen molar-refractivity contribution in [3.05, 3.63) is 44.1 Å². The Morgan fingerprint density at radius 3 is 2.42 bits per heavy atom. The molecule has 19 heavy (non-hydrogen) atoms. The molecule has 0 saturated heterocycles. The Morgan fingerprint density at radius 1 is 1.21 bits per heavy atom. The highest BCUT2D eigenvalue weighted by Crippen LogP contribution is 2.38. The van der Waals surface area contributed by atoms with Gasteiger partial charge in [0.05, 0.1) is 10.9 Å². The molecule has 4 nitrogen and oxygen atoms in total. The van der Waals surface area contributed by atoms with Crippen LogP contribution in [0.2, 0.25) is 5.02 Å². The van der Waals surface area contributed by atoms with Crippen LogP contribution in [0, 0.1) is 0 Å². The zero-order chi connectivity index (χ0) is 14.4. The number of hydrogen-bond donors (Lipinski definition) is 0. The van der Waals surface area contributed by atoms with Crippen molar-refractivity contribution in [3.63, 3.8) is 0 Å². The second kappa shape index (κ2) is 5.22. The molecular weight excluding hydrogens is 354 g/mol. The average Bonchev–Trinajstić information content (AvgIpc) is 2.30. The van der Waals surface area contributed by atoms with Gasteiger partial charge in [0.25, 0.3) is 8.68 Å². The lowest BCUT2D eigenvalue weighted by Gasteiger charge is -2.13. The highest BCUT2D eigenvalue weighted by Gasteiger charge is 2.25. The summed E-state index contributed by atoms with van der Waals surface area (Å²) >= 11 is 23.2. The van der Waals surface area contributed by atoms with E-state index < -0.39 is 14.4 Å². The van der Waals surface area contributed by atoms with Crippen LogP contribution in [0.1, 0.15) is 0 Å². The van der Waals surface area contributed by atoms with Crippen LogP contribution in [-0.2, 0) is 7.05 Å². The molecule has 0 aliphatic rings. The smallest absolute Gasteiger partial charge is 0.295 e. The Hall–Kier alpha value is -0.330. The SMILES string of the molecule is Cn1c(=O)n(SC(Cl)(Cl)Cl)c(=O)c2cc(Cl)ccc21. The standard InChI is InChI=1S/C10H6Cl4N2O2S/c1-15-7-3-2-5(11)4-6(7)8(17)16(9(15)18)19-10(12,13)14/h2-4H,1H3. The molecule has 9 heteroatoms. The van der Waals surface area contributed by atoms with Gasteiger partial charge in [0.15, 0.2) is 0 Å². The van der Waals surface area contributed by atoms with Crippen molar-refractivity contribution in [3.8, 4) is 0 Å². The third-order valence-corrected chi connectivity index (χ3v) is 3.96. The molecule has 1 heterocycles. The maximum Gasteiger partial charge on any atom is 0.341 e. The first-order valence-electron chi connectivity index (χ1n) is 4.88. The fourth-order valence-corrected chi connectivity index (χ4v) is 2.97. The van der Waals surface area contributed by atoms with E-state index in [9.17, 15) is 9.59 Å². The van der Waals surface area contributed by atoms with E-state index in [1.165, 1.54) is 17.7 Å². The molecule has 102 valence electrons. The molecule has 2 rings (SSSR count). The topological polar surface area (TPSA) is 44.0 Å². The fraction of sp³-hybridized carbons (Fsp3) is 0.200. The van der Waals surface area contributed by atoms with Gasteiger partial charge in [-0.2, -0.15) is 3.97 Å². The van der Waals surface area contributed by atoms with Gasteiger partial charge in [-0.15, -0.1) is 0 Å². The number of halogens is 4. The van der Waals surface area contributed by atoms with Gasteiger partial charge in [0.1, 0.15) is 0 Å². The van der Waals surface area contributed by atoms with E-state index in [1.54, 1.807) is 12.1 Å². The van der Waals surface area contributed by atoms with Gasteiger partial charge in [-0.05, 0) is 18.2 Å². The first-order valence-corrected chi connectivity index (χ1v) is 7.17. The number of nitrogens with zero attached hydrogens (tertiary/aromatic N) is 2. The molecule has 0 unspecified atom stereocenters. The van der Waals surface area contributed by atoms with Gasteiger partial charge in [-0.1, -0.05) is 46.4 Å². The largest absolute Gasteiger partial charge is 0.341 e. The molecule has 0 radical (unpaired) electrons. The summed E-state index contributed by atoms with van der Waals surface area (Å²) in [7, 11) is 1.52. The summed E-state index contributed by atoms with van der Waals surface area (Å²) in [5, 5.41) is 0.657. The lowest BCUT2D eigenvalue weighted by Crippen LogP contribution is -2.37. The summed E-state index contributed by atoms with van der Waals surface area (Å²) in [5.41, 5.74) is -0.700. The van der Waals surface area contributed by atoms with Gasteiger partial charge < -0.3 is 0 Å². The third-order valence-electron chi connectivity index (χ3n) is 2.39. The van der Waals surface area contributed by atoms with Crippen LogP contribution >= 0.6 is 58.4 Å². The molecule has 0 fully saturated rings. The summed E-state index contributed by atoms with van der Waals surface area (Å²) < 4.78 is 0.268. The van der Waals surface area contributed by atoms with Crippen LogP contribution in [0.25, 0.3) is 10.9 Å². The van der Waals surface area contributed by atoms with E-state index in [-0.39, 0.29) is 5.39 Å². The molecule has 2 aromatic rings. The Bertz CT molecular complexity index is 763. The predicted molar refractivity (Wildman–Crippen MR) is 81.7 cm³/mol. The van der Waals surface area contributed by atoms with Crippen molar-refractivity contribution in [1.82, 2.24) is 8.54 Å². The van der Waals surface area contributed by atoms with E-state index in [1.807, 2.05) is 0 Å². The van der Waals surface area contributed by atoms with Crippen LogP contribution in [0.15, 0.2) is 27.8 Å². The minimum absolute atomic E-state index is 0.274. The number of hydrogen-bond acceptors (Lipinski definition) is 3. The molecular formula is C10H6Cl4N2O2S. The molecule has 0 N–H and O–H groups in total. The Kier molecular flexibility index (Phi) is 4.14. The first kappa shape index (κ1) is 15.1. The maximum absolute atomic E-state index is 12.2. The van der Waals surface area contributed by atoms with Crippen molar-refractivity contribution in [2.45, 2.75) is 3.12 Å². The molecule has 0 saturated carbocycles. The summed E-state index contributed by atoms with van der Waals surface area (Å²) in [5.74, 6) is 0. The van der Waals surface area contributed by atoms with E-state index >= 15 is 0 Å². The molecule has 0 amide bonds. The van der Waals surface area contributed by atoms with E-state index in [0.717, 1.165) is 3.97 Å². The second-order valence-electron chi connectivity index (χ2n) is 3.64. The molecule has 0 atom stereocenters. The van der Waals surface area contributed by atoms with Crippen LogP contribution < -0.4 is 11.2 Å². The number of alkyl halides is 3. The second-order valence-corrected chi connectivity index (χ2v) is 8.19. The Morgan fingerprint density at radius 2 is 1.84 bits per heavy atom. The molecule has 0 aliphatic carbocycles. The van der Waals surface area contributed by atoms with Gasteiger partial charge >= 0.3 is 5.69 Å². The van der Waals surface area contributed by atoms with Crippen molar-refractivity contribution >= 4 is 69.3 Å². The highest BCUT2D eigenvalue weighted by molar-refractivity contribution is 8.03. The van der Waals surface area contributed by atoms with E-state index in [0.29, 0.717) is 22.5 Å². The van der Waals surface area contributed by atoms with Crippen molar-refractivity contribution in [2.24, 2.45) is 7.05 Å². The van der Waals surface area contributed by atoms with Crippen molar-refractivity contribution in [2.75, 3.05) is 0 Å². The number of aromatic nitrogens is 2. The van der Waals surface area contributed by atoms with E-state index in [2.05, 4.69) is 0 Å².